The molecule has 3 rings (SSSR count). The Morgan fingerprint density at radius 3 is 2.81 bits per heavy atom. The molecular formula is C21H25BrN2O2. The van der Waals surface area contributed by atoms with Crippen LogP contribution in [-0.4, -0.2) is 31.6 Å². The van der Waals surface area contributed by atoms with Crippen LogP contribution in [0.1, 0.15) is 18.9 Å². The van der Waals surface area contributed by atoms with Crippen LogP contribution >= 0.6 is 15.9 Å². The van der Waals surface area contributed by atoms with E-state index < -0.39 is 6.10 Å². The van der Waals surface area contributed by atoms with Gasteiger partial charge in [-0.25, -0.2) is 0 Å². The van der Waals surface area contributed by atoms with E-state index in [0.29, 0.717) is 18.2 Å². The number of hydrogen-bond donors (Lipinski definition) is 1. The van der Waals surface area contributed by atoms with Crippen LogP contribution in [0.3, 0.4) is 0 Å². The van der Waals surface area contributed by atoms with E-state index >= 15 is 0 Å². The van der Waals surface area contributed by atoms with Crippen molar-refractivity contribution in [2.75, 3.05) is 24.5 Å². The quantitative estimate of drug-likeness (QED) is 0.767. The van der Waals surface area contributed by atoms with Crippen LogP contribution in [0.25, 0.3) is 0 Å². The molecule has 0 aliphatic carbocycles. The van der Waals surface area contributed by atoms with E-state index in [4.69, 9.17) is 4.74 Å². The number of hydrogen-bond acceptors (Lipinski definition) is 3. The van der Waals surface area contributed by atoms with Crippen molar-refractivity contribution in [3.63, 3.8) is 0 Å². The summed E-state index contributed by atoms with van der Waals surface area (Å²) >= 11 is 3.48. The molecule has 1 N–H and O–H groups in total. The summed E-state index contributed by atoms with van der Waals surface area (Å²) in [5, 5.41) is 3.04. The van der Waals surface area contributed by atoms with Gasteiger partial charge in [0.2, 0.25) is 0 Å². The van der Waals surface area contributed by atoms with E-state index in [1.54, 1.807) is 6.92 Å². The highest BCUT2D eigenvalue weighted by molar-refractivity contribution is 9.10. The summed E-state index contributed by atoms with van der Waals surface area (Å²) in [4.78, 5) is 14.7. The van der Waals surface area contributed by atoms with Crippen LogP contribution in [-0.2, 0) is 4.79 Å². The van der Waals surface area contributed by atoms with Gasteiger partial charge in [0.1, 0.15) is 5.75 Å². The van der Waals surface area contributed by atoms with Gasteiger partial charge in [0, 0.05) is 25.3 Å². The summed E-state index contributed by atoms with van der Waals surface area (Å²) in [6.07, 6.45) is 0.564. The number of aryl methyl sites for hydroxylation is 1. The lowest BCUT2D eigenvalue weighted by molar-refractivity contribution is -0.127. The molecule has 0 aromatic heterocycles. The molecule has 1 amide bonds. The Labute approximate surface area is 163 Å². The molecule has 4 nitrogen and oxygen atoms in total. The van der Waals surface area contributed by atoms with Gasteiger partial charge in [-0.3, -0.25) is 4.79 Å². The Hall–Kier alpha value is -2.01. The molecule has 1 fully saturated rings. The highest BCUT2D eigenvalue weighted by Gasteiger charge is 2.24. The summed E-state index contributed by atoms with van der Waals surface area (Å²) in [6, 6.07) is 16.3. The second-order valence-corrected chi connectivity index (χ2v) is 7.73. The number of carbonyl (C=O) groups is 1. The molecule has 2 unspecified atom stereocenters. The first-order chi connectivity index (χ1) is 12.5. The molecule has 2 aromatic rings. The largest absolute Gasteiger partial charge is 0.480 e. The molecule has 0 spiro atoms. The molecule has 2 atom stereocenters. The molecule has 0 saturated carbocycles. The number of rotatable bonds is 6. The minimum Gasteiger partial charge on any atom is -0.480 e. The normalized spacial score (nSPS) is 17.8. The Kier molecular flexibility index (Phi) is 6.20. The van der Waals surface area contributed by atoms with Crippen LogP contribution in [0, 0.1) is 12.8 Å². The topological polar surface area (TPSA) is 41.6 Å². The van der Waals surface area contributed by atoms with Gasteiger partial charge in [-0.2, -0.15) is 0 Å². The molecule has 0 bridgehead atoms. The number of benzene rings is 2. The number of carbonyl (C=O) groups excluding carboxylic acids is 1. The zero-order valence-electron chi connectivity index (χ0n) is 15.2. The molecular weight excluding hydrogens is 392 g/mol. The third kappa shape index (κ3) is 4.79. The Morgan fingerprint density at radius 2 is 2.08 bits per heavy atom. The van der Waals surface area contributed by atoms with E-state index in [9.17, 15) is 4.79 Å². The Balaban J connectivity index is 1.46. The Morgan fingerprint density at radius 1 is 1.31 bits per heavy atom. The van der Waals surface area contributed by atoms with E-state index in [0.717, 1.165) is 29.5 Å². The maximum Gasteiger partial charge on any atom is 0.260 e. The fraction of sp³-hybridized carbons (Fsp3) is 0.381. The summed E-state index contributed by atoms with van der Waals surface area (Å²) < 4.78 is 6.67. The molecule has 1 saturated heterocycles. The van der Waals surface area contributed by atoms with Crippen molar-refractivity contribution in [2.24, 2.45) is 5.92 Å². The van der Waals surface area contributed by atoms with Gasteiger partial charge >= 0.3 is 0 Å². The van der Waals surface area contributed by atoms with Gasteiger partial charge in [-0.1, -0.05) is 24.3 Å². The molecule has 0 radical (unpaired) electrons. The van der Waals surface area contributed by atoms with Gasteiger partial charge < -0.3 is 15.0 Å². The average molecular weight is 417 g/mol. The van der Waals surface area contributed by atoms with Crippen LogP contribution < -0.4 is 15.0 Å². The van der Waals surface area contributed by atoms with Crippen molar-refractivity contribution in [2.45, 2.75) is 26.4 Å². The van der Waals surface area contributed by atoms with E-state index in [1.165, 1.54) is 5.69 Å². The molecule has 1 aliphatic rings. The van der Waals surface area contributed by atoms with Crippen molar-refractivity contribution in [1.82, 2.24) is 5.32 Å². The van der Waals surface area contributed by atoms with Crippen LogP contribution in [0.2, 0.25) is 0 Å². The van der Waals surface area contributed by atoms with Crippen molar-refractivity contribution < 1.29 is 9.53 Å². The first-order valence-electron chi connectivity index (χ1n) is 9.03. The predicted molar refractivity (Wildman–Crippen MR) is 109 cm³/mol. The highest BCUT2D eigenvalue weighted by atomic mass is 79.9. The SMILES string of the molecule is Cc1ccc(OC(C)C(=O)NCC2CCN(c3ccccc3)C2)c(Br)c1. The van der Waals surface area contributed by atoms with Gasteiger partial charge in [-0.15, -0.1) is 0 Å². The first kappa shape index (κ1) is 18.8. The van der Waals surface area contributed by atoms with Gasteiger partial charge in [0.25, 0.3) is 5.91 Å². The summed E-state index contributed by atoms with van der Waals surface area (Å²) in [7, 11) is 0. The van der Waals surface area contributed by atoms with E-state index in [1.807, 2.05) is 31.2 Å². The van der Waals surface area contributed by atoms with Crippen molar-refractivity contribution in [1.29, 1.82) is 0 Å². The highest BCUT2D eigenvalue weighted by Crippen LogP contribution is 2.27. The Bertz CT molecular complexity index is 751. The standard InChI is InChI=1S/C21H25BrN2O2/c1-15-8-9-20(19(22)12-15)26-16(2)21(25)23-13-17-10-11-24(14-17)18-6-4-3-5-7-18/h3-9,12,16-17H,10-11,13-14H2,1-2H3,(H,23,25). The lowest BCUT2D eigenvalue weighted by Gasteiger charge is -2.20. The van der Waals surface area contributed by atoms with Gasteiger partial charge in [0.15, 0.2) is 6.10 Å². The average Bonchev–Trinajstić information content (AvgIpc) is 3.11. The van der Waals surface area contributed by atoms with Crippen LogP contribution in [0.4, 0.5) is 5.69 Å². The number of amides is 1. The van der Waals surface area contributed by atoms with Gasteiger partial charge in [-0.05, 0) is 71.9 Å². The second-order valence-electron chi connectivity index (χ2n) is 6.88. The lowest BCUT2D eigenvalue weighted by Crippen LogP contribution is -2.39. The zero-order valence-corrected chi connectivity index (χ0v) is 16.8. The lowest BCUT2D eigenvalue weighted by atomic mass is 10.1. The maximum absolute atomic E-state index is 12.4. The van der Waals surface area contributed by atoms with Crippen molar-refractivity contribution in [3.8, 4) is 5.75 Å². The second kappa shape index (κ2) is 8.58. The molecule has 26 heavy (non-hydrogen) atoms. The fourth-order valence-electron chi connectivity index (χ4n) is 3.21. The third-order valence-corrected chi connectivity index (χ3v) is 5.35. The predicted octanol–water partition coefficient (Wildman–Crippen LogP) is 4.17. The number of halogens is 1. The zero-order chi connectivity index (χ0) is 18.5. The molecule has 2 aromatic carbocycles. The summed E-state index contributed by atoms with van der Waals surface area (Å²) in [5.74, 6) is 1.09. The number of ether oxygens (including phenoxy) is 1. The van der Waals surface area contributed by atoms with E-state index in [-0.39, 0.29) is 5.91 Å². The monoisotopic (exact) mass is 416 g/mol. The minimum absolute atomic E-state index is 0.0735. The third-order valence-electron chi connectivity index (χ3n) is 4.73. The first-order valence-corrected chi connectivity index (χ1v) is 9.83. The number of nitrogens with one attached hydrogen (secondary N) is 1. The van der Waals surface area contributed by atoms with Crippen LogP contribution in [0.15, 0.2) is 53.0 Å². The summed E-state index contributed by atoms with van der Waals surface area (Å²) in [6.45, 7) is 6.50. The number of para-hydroxylation sites is 1. The molecule has 1 aliphatic heterocycles. The van der Waals surface area contributed by atoms with Crippen molar-refractivity contribution in [3.05, 3.63) is 58.6 Å². The minimum atomic E-state index is -0.527. The number of nitrogens with zero attached hydrogens (tertiary/aromatic N) is 1. The molecule has 138 valence electrons. The van der Waals surface area contributed by atoms with Gasteiger partial charge in [0.05, 0.1) is 4.47 Å². The van der Waals surface area contributed by atoms with Crippen molar-refractivity contribution >= 4 is 27.5 Å². The smallest absolute Gasteiger partial charge is 0.260 e. The molecule has 5 heteroatoms. The number of anilines is 1. The fourth-order valence-corrected chi connectivity index (χ4v) is 3.79. The summed E-state index contributed by atoms with van der Waals surface area (Å²) in [5.41, 5.74) is 2.40. The molecule has 1 heterocycles. The van der Waals surface area contributed by atoms with E-state index in [2.05, 4.69) is 50.4 Å². The maximum atomic E-state index is 12.4. The van der Waals surface area contributed by atoms with Crippen LogP contribution in [0.5, 0.6) is 5.75 Å².